The van der Waals surface area contributed by atoms with E-state index in [4.69, 9.17) is 0 Å². The average Bonchev–Trinajstić information content (AvgIpc) is 3.01. The number of nitrogens with one attached hydrogen (secondary N) is 3. The fraction of sp³-hybridized carbons (Fsp3) is 0.500. The fourth-order valence-electron chi connectivity index (χ4n) is 2.36. The van der Waals surface area contributed by atoms with Crippen LogP contribution in [0, 0.1) is 5.92 Å². The molecule has 0 saturated carbocycles. The molecule has 1 aromatic heterocycles. The van der Waals surface area contributed by atoms with Gasteiger partial charge in [-0.15, -0.1) is 24.0 Å². The molecule has 0 radical (unpaired) electrons. The molecule has 144 valence electrons. The third-order valence-electron chi connectivity index (χ3n) is 3.95. The van der Waals surface area contributed by atoms with Crippen LogP contribution in [0.5, 0.6) is 0 Å². The Morgan fingerprint density at radius 1 is 1.19 bits per heavy atom. The van der Waals surface area contributed by atoms with Crippen LogP contribution in [-0.2, 0) is 13.6 Å². The number of aromatic nitrogens is 3. The van der Waals surface area contributed by atoms with E-state index in [1.54, 1.807) is 11.0 Å². The molecule has 1 heterocycles. The molecule has 0 amide bonds. The Hall–Kier alpha value is -1.84. The van der Waals surface area contributed by atoms with E-state index in [9.17, 15) is 0 Å². The zero-order valence-corrected chi connectivity index (χ0v) is 18.3. The second kappa shape index (κ2) is 11.7. The number of anilines is 1. The molecule has 2 aromatic rings. The Bertz CT molecular complexity index is 655. The van der Waals surface area contributed by atoms with Crippen LogP contribution in [-0.4, -0.2) is 39.9 Å². The summed E-state index contributed by atoms with van der Waals surface area (Å²) >= 11 is 0. The number of aliphatic imine (C=N–C) groups is 1. The first kappa shape index (κ1) is 22.2. The fourth-order valence-corrected chi connectivity index (χ4v) is 2.36. The van der Waals surface area contributed by atoms with Crippen molar-refractivity contribution < 1.29 is 0 Å². The molecular formula is C18H30IN7. The Labute approximate surface area is 173 Å². The van der Waals surface area contributed by atoms with Crippen LogP contribution >= 0.6 is 24.0 Å². The number of para-hydroxylation sites is 1. The van der Waals surface area contributed by atoms with Crippen molar-refractivity contribution in [3.63, 3.8) is 0 Å². The molecule has 0 aliphatic rings. The highest BCUT2D eigenvalue weighted by Crippen LogP contribution is 2.11. The zero-order chi connectivity index (χ0) is 18.1. The van der Waals surface area contributed by atoms with E-state index >= 15 is 0 Å². The molecule has 1 aromatic carbocycles. The number of halogens is 1. The van der Waals surface area contributed by atoms with Crippen molar-refractivity contribution in [3.05, 3.63) is 42.5 Å². The number of guanidine groups is 1. The molecular weight excluding hydrogens is 441 g/mol. The van der Waals surface area contributed by atoms with Crippen molar-refractivity contribution in [2.75, 3.05) is 18.4 Å². The van der Waals surface area contributed by atoms with Crippen molar-refractivity contribution in [3.8, 4) is 0 Å². The molecule has 3 N–H and O–H groups in total. The summed E-state index contributed by atoms with van der Waals surface area (Å²) in [5.74, 6) is 2.10. The number of benzene rings is 1. The molecule has 26 heavy (non-hydrogen) atoms. The van der Waals surface area contributed by atoms with E-state index < -0.39 is 0 Å². The van der Waals surface area contributed by atoms with E-state index in [-0.39, 0.29) is 24.0 Å². The van der Waals surface area contributed by atoms with Gasteiger partial charge in [0.05, 0.1) is 0 Å². The van der Waals surface area contributed by atoms with Crippen molar-refractivity contribution in [2.24, 2.45) is 18.0 Å². The van der Waals surface area contributed by atoms with Crippen molar-refractivity contribution in [1.29, 1.82) is 0 Å². The average molecular weight is 471 g/mol. The van der Waals surface area contributed by atoms with Gasteiger partial charge in [0.2, 0.25) is 0 Å². The van der Waals surface area contributed by atoms with Gasteiger partial charge in [0.25, 0.3) is 0 Å². The summed E-state index contributed by atoms with van der Waals surface area (Å²) in [4.78, 5) is 8.80. The second-order valence-electron chi connectivity index (χ2n) is 6.24. The molecule has 8 heteroatoms. The molecule has 0 spiro atoms. The van der Waals surface area contributed by atoms with E-state index in [0.717, 1.165) is 30.6 Å². The van der Waals surface area contributed by atoms with Gasteiger partial charge < -0.3 is 16.0 Å². The predicted molar refractivity (Wildman–Crippen MR) is 118 cm³/mol. The summed E-state index contributed by atoms with van der Waals surface area (Å²) in [6, 6.07) is 10.6. The topological polar surface area (TPSA) is 79.2 Å². The van der Waals surface area contributed by atoms with Crippen molar-refractivity contribution in [2.45, 2.75) is 33.4 Å². The molecule has 0 bridgehead atoms. The first-order chi connectivity index (χ1) is 12.1. The van der Waals surface area contributed by atoms with Crippen LogP contribution < -0.4 is 16.0 Å². The maximum absolute atomic E-state index is 4.60. The summed E-state index contributed by atoms with van der Waals surface area (Å²) in [7, 11) is 1.87. The molecule has 7 nitrogen and oxygen atoms in total. The van der Waals surface area contributed by atoms with E-state index in [2.05, 4.69) is 63.9 Å². The third-order valence-corrected chi connectivity index (χ3v) is 3.95. The first-order valence-electron chi connectivity index (χ1n) is 8.76. The Balaban J connectivity index is 0.00000338. The summed E-state index contributed by atoms with van der Waals surface area (Å²) < 4.78 is 1.74. The van der Waals surface area contributed by atoms with Gasteiger partial charge in [-0.2, -0.15) is 5.10 Å². The minimum absolute atomic E-state index is 0. The Morgan fingerprint density at radius 2 is 1.92 bits per heavy atom. The smallest absolute Gasteiger partial charge is 0.191 e. The Kier molecular flexibility index (Phi) is 10.0. The van der Waals surface area contributed by atoms with Crippen LogP contribution in [0.15, 0.2) is 41.7 Å². The molecule has 2 rings (SSSR count). The molecule has 0 fully saturated rings. The van der Waals surface area contributed by atoms with E-state index in [0.29, 0.717) is 18.5 Å². The highest BCUT2D eigenvalue weighted by atomic mass is 127. The van der Waals surface area contributed by atoms with E-state index in [1.807, 2.05) is 25.2 Å². The van der Waals surface area contributed by atoms with Gasteiger partial charge in [-0.1, -0.05) is 32.0 Å². The van der Waals surface area contributed by atoms with Crippen LogP contribution in [0.2, 0.25) is 0 Å². The lowest BCUT2D eigenvalue weighted by molar-refractivity contribution is 0.512. The van der Waals surface area contributed by atoms with Gasteiger partial charge in [-0.05, 0) is 25.0 Å². The summed E-state index contributed by atoms with van der Waals surface area (Å²) in [5, 5.41) is 14.4. The van der Waals surface area contributed by atoms with Gasteiger partial charge >= 0.3 is 0 Å². The van der Waals surface area contributed by atoms with Gasteiger partial charge in [0.1, 0.15) is 18.7 Å². The van der Waals surface area contributed by atoms with Crippen LogP contribution in [0.25, 0.3) is 0 Å². The highest BCUT2D eigenvalue weighted by Gasteiger charge is 2.14. The van der Waals surface area contributed by atoms with Gasteiger partial charge in [-0.3, -0.25) is 4.68 Å². The number of hydrogen-bond acceptors (Lipinski definition) is 4. The summed E-state index contributed by atoms with van der Waals surface area (Å²) in [5.41, 5.74) is 1.13. The third kappa shape index (κ3) is 7.19. The molecule has 1 unspecified atom stereocenters. The number of nitrogens with zero attached hydrogens (tertiary/aromatic N) is 4. The Morgan fingerprint density at radius 3 is 2.50 bits per heavy atom. The largest absolute Gasteiger partial charge is 0.380 e. The maximum atomic E-state index is 4.60. The van der Waals surface area contributed by atoms with Crippen LogP contribution in [0.1, 0.15) is 26.6 Å². The van der Waals surface area contributed by atoms with Crippen LogP contribution in [0.3, 0.4) is 0 Å². The molecule has 0 saturated heterocycles. The SMILES string of the molecule is CCNC(=NCc1ncnn1C)NCC(Nc1ccccc1)C(C)C.I. The number of rotatable bonds is 8. The molecule has 0 aliphatic carbocycles. The second-order valence-corrected chi connectivity index (χ2v) is 6.24. The summed E-state index contributed by atoms with van der Waals surface area (Å²) in [6.07, 6.45) is 1.55. The minimum Gasteiger partial charge on any atom is -0.380 e. The number of aryl methyl sites for hydroxylation is 1. The first-order valence-corrected chi connectivity index (χ1v) is 8.76. The summed E-state index contributed by atoms with van der Waals surface area (Å²) in [6.45, 7) is 8.56. The monoisotopic (exact) mass is 471 g/mol. The highest BCUT2D eigenvalue weighted by molar-refractivity contribution is 14.0. The van der Waals surface area contributed by atoms with Gasteiger partial charge in [0.15, 0.2) is 5.96 Å². The standard InChI is InChI=1S/C18H29N7.HI/c1-5-19-18(21-12-17-22-13-23-25(17)4)20-11-16(14(2)3)24-15-9-7-6-8-10-15;/h6-10,13-14,16,24H,5,11-12H2,1-4H3,(H2,19,20,21);1H. The lowest BCUT2D eigenvalue weighted by Crippen LogP contribution is -2.44. The minimum atomic E-state index is 0. The van der Waals surface area contributed by atoms with Gasteiger partial charge in [0, 0.05) is 31.9 Å². The molecule has 0 aliphatic heterocycles. The van der Waals surface area contributed by atoms with Crippen molar-refractivity contribution >= 4 is 35.6 Å². The van der Waals surface area contributed by atoms with E-state index in [1.165, 1.54) is 0 Å². The number of hydrogen-bond donors (Lipinski definition) is 3. The lowest BCUT2D eigenvalue weighted by atomic mass is 10.0. The lowest BCUT2D eigenvalue weighted by Gasteiger charge is -2.25. The van der Waals surface area contributed by atoms with Crippen molar-refractivity contribution in [1.82, 2.24) is 25.4 Å². The zero-order valence-electron chi connectivity index (χ0n) is 15.9. The van der Waals surface area contributed by atoms with Gasteiger partial charge in [-0.25, -0.2) is 9.98 Å². The van der Waals surface area contributed by atoms with Crippen LogP contribution in [0.4, 0.5) is 5.69 Å². The normalized spacial score (nSPS) is 12.4. The predicted octanol–water partition coefficient (Wildman–Crippen LogP) is 2.62. The maximum Gasteiger partial charge on any atom is 0.191 e. The quantitative estimate of drug-likeness (QED) is 0.314. The molecule has 1 atom stereocenters.